The highest BCUT2D eigenvalue weighted by atomic mass is 16.6. The minimum absolute atomic E-state index is 0.0677. The van der Waals surface area contributed by atoms with Crippen molar-refractivity contribution in [1.82, 2.24) is 4.98 Å². The molecule has 0 aliphatic carbocycles. The van der Waals surface area contributed by atoms with E-state index in [2.05, 4.69) is 4.98 Å². The number of hydrogen-bond donors (Lipinski definition) is 1. The average molecular weight is 264 g/mol. The van der Waals surface area contributed by atoms with Gasteiger partial charge in [-0.2, -0.15) is 0 Å². The van der Waals surface area contributed by atoms with Gasteiger partial charge >= 0.3 is 0 Å². The molecule has 2 atom stereocenters. The number of carbonyl (C=O) groups excluding carboxylic acids is 1. The van der Waals surface area contributed by atoms with Gasteiger partial charge in [0.2, 0.25) is 0 Å². The number of aliphatic hydroxyl groups is 1. The summed E-state index contributed by atoms with van der Waals surface area (Å²) in [6.07, 6.45) is 2.73. The predicted molar refractivity (Wildman–Crippen MR) is 65.0 cm³/mol. The Morgan fingerprint density at radius 2 is 2.26 bits per heavy atom. The lowest BCUT2D eigenvalue weighted by Gasteiger charge is -2.33. The van der Waals surface area contributed by atoms with Crippen molar-refractivity contribution in [2.24, 2.45) is 0 Å². The molecule has 7 heteroatoms. The topological polar surface area (TPSA) is 103 Å². The van der Waals surface area contributed by atoms with Crippen LogP contribution in [0.2, 0.25) is 0 Å². The molecule has 0 saturated carbocycles. The summed E-state index contributed by atoms with van der Waals surface area (Å²) in [4.78, 5) is 25.8. The van der Waals surface area contributed by atoms with Gasteiger partial charge in [0.15, 0.2) is 11.4 Å². The van der Waals surface area contributed by atoms with Gasteiger partial charge < -0.3 is 9.84 Å². The molecular weight excluding hydrogens is 252 g/mol. The van der Waals surface area contributed by atoms with Gasteiger partial charge in [-0.15, -0.1) is 0 Å². The summed E-state index contributed by atoms with van der Waals surface area (Å²) in [7, 11) is 0. The molecule has 1 aliphatic rings. The zero-order valence-corrected chi connectivity index (χ0v) is 10.4. The predicted octanol–water partition coefficient (Wildman–Crippen LogP) is 1.07. The van der Waals surface area contributed by atoms with Gasteiger partial charge in [-0.05, 0) is 19.9 Å². The average Bonchev–Trinajstić information content (AvgIpc) is 2.36. The van der Waals surface area contributed by atoms with E-state index in [4.69, 9.17) is 4.74 Å². The maximum Gasteiger partial charge on any atom is 0.298 e. The van der Waals surface area contributed by atoms with Crippen molar-refractivity contribution in [1.29, 1.82) is 0 Å². The molecule has 100 valence electrons. The Balaban J connectivity index is 2.50. The number of nitro groups is 1. The first-order chi connectivity index (χ1) is 8.84. The van der Waals surface area contributed by atoms with Gasteiger partial charge in [-0.25, -0.2) is 0 Å². The van der Waals surface area contributed by atoms with Gasteiger partial charge in [-0.1, -0.05) is 0 Å². The fourth-order valence-corrected chi connectivity index (χ4v) is 1.69. The van der Waals surface area contributed by atoms with E-state index in [1.165, 1.54) is 26.1 Å². The van der Waals surface area contributed by atoms with Crippen LogP contribution in [0.5, 0.6) is 0 Å². The first kappa shape index (κ1) is 13.2. The molecule has 19 heavy (non-hydrogen) atoms. The zero-order valence-electron chi connectivity index (χ0n) is 10.4. The van der Waals surface area contributed by atoms with Gasteiger partial charge in [0.25, 0.3) is 5.69 Å². The standard InChI is InChI=1S/C12H12N2O5/c1-7-12(2,16)11(15)5-10(19-7)8-3-4-13-6-9(8)14(17)18/h3-7,16H,1-2H3/t7-,12-/m1/s1. The molecule has 0 spiro atoms. The van der Waals surface area contributed by atoms with E-state index in [0.717, 1.165) is 12.3 Å². The minimum Gasteiger partial charge on any atom is -0.486 e. The number of nitrogens with zero attached hydrogens (tertiary/aromatic N) is 2. The second-order valence-corrected chi connectivity index (χ2v) is 4.43. The van der Waals surface area contributed by atoms with E-state index in [1.807, 2.05) is 0 Å². The third-order valence-corrected chi connectivity index (χ3v) is 3.12. The van der Waals surface area contributed by atoms with Crippen LogP contribution in [-0.2, 0) is 9.53 Å². The molecule has 0 fully saturated rings. The van der Waals surface area contributed by atoms with Gasteiger partial charge in [0.05, 0.1) is 10.5 Å². The van der Waals surface area contributed by atoms with Crippen molar-refractivity contribution in [3.05, 3.63) is 40.2 Å². The molecule has 1 aromatic heterocycles. The smallest absolute Gasteiger partial charge is 0.298 e. The lowest BCUT2D eigenvalue weighted by molar-refractivity contribution is -0.385. The van der Waals surface area contributed by atoms with Crippen LogP contribution in [-0.4, -0.2) is 32.5 Å². The Morgan fingerprint density at radius 1 is 1.58 bits per heavy atom. The van der Waals surface area contributed by atoms with Crippen LogP contribution < -0.4 is 0 Å². The molecule has 0 unspecified atom stereocenters. The van der Waals surface area contributed by atoms with Crippen LogP contribution in [0.4, 0.5) is 5.69 Å². The zero-order chi connectivity index (χ0) is 14.2. The van der Waals surface area contributed by atoms with Crippen molar-refractivity contribution in [3.8, 4) is 0 Å². The lowest BCUT2D eigenvalue weighted by Crippen LogP contribution is -2.48. The number of ether oxygens (including phenoxy) is 1. The highest BCUT2D eigenvalue weighted by Gasteiger charge is 2.41. The van der Waals surface area contributed by atoms with Crippen molar-refractivity contribution in [2.45, 2.75) is 25.6 Å². The van der Waals surface area contributed by atoms with Crippen LogP contribution >= 0.6 is 0 Å². The second-order valence-electron chi connectivity index (χ2n) is 4.43. The first-order valence-electron chi connectivity index (χ1n) is 5.58. The van der Waals surface area contributed by atoms with E-state index in [0.29, 0.717) is 0 Å². The summed E-state index contributed by atoms with van der Waals surface area (Å²) in [5.41, 5.74) is -1.73. The third-order valence-electron chi connectivity index (χ3n) is 3.12. The van der Waals surface area contributed by atoms with E-state index >= 15 is 0 Å². The number of ketones is 1. The molecule has 0 bridgehead atoms. The fraction of sp³-hybridized carbons (Fsp3) is 0.333. The molecule has 0 saturated heterocycles. The molecule has 7 nitrogen and oxygen atoms in total. The summed E-state index contributed by atoms with van der Waals surface area (Å²) in [5.74, 6) is -0.481. The van der Waals surface area contributed by atoms with Crippen LogP contribution in [0.3, 0.4) is 0 Å². The fourth-order valence-electron chi connectivity index (χ4n) is 1.69. The van der Waals surface area contributed by atoms with Crippen LogP contribution in [0.15, 0.2) is 24.5 Å². The Bertz CT molecular complexity index is 579. The van der Waals surface area contributed by atoms with E-state index < -0.39 is 22.4 Å². The summed E-state index contributed by atoms with van der Waals surface area (Å²) >= 11 is 0. The summed E-state index contributed by atoms with van der Waals surface area (Å²) in [6.45, 7) is 2.87. The first-order valence-corrected chi connectivity index (χ1v) is 5.58. The van der Waals surface area contributed by atoms with E-state index in [9.17, 15) is 20.0 Å². The van der Waals surface area contributed by atoms with Gasteiger partial charge in [-0.3, -0.25) is 19.9 Å². The summed E-state index contributed by atoms with van der Waals surface area (Å²) < 4.78 is 5.41. The molecule has 2 heterocycles. The number of aromatic nitrogens is 1. The highest BCUT2D eigenvalue weighted by molar-refractivity contribution is 6.03. The lowest BCUT2D eigenvalue weighted by atomic mass is 9.91. The molecule has 2 rings (SSSR count). The molecule has 0 radical (unpaired) electrons. The van der Waals surface area contributed by atoms with Crippen LogP contribution in [0, 0.1) is 10.1 Å². The summed E-state index contributed by atoms with van der Waals surface area (Å²) in [6, 6.07) is 1.39. The van der Waals surface area contributed by atoms with E-state index in [-0.39, 0.29) is 17.0 Å². The Hall–Kier alpha value is -2.28. The highest BCUT2D eigenvalue weighted by Crippen LogP contribution is 2.33. The van der Waals surface area contributed by atoms with Crippen molar-refractivity contribution in [2.75, 3.05) is 0 Å². The van der Waals surface area contributed by atoms with Crippen molar-refractivity contribution >= 4 is 17.2 Å². The van der Waals surface area contributed by atoms with Gasteiger partial charge in [0.1, 0.15) is 18.1 Å². The Kier molecular flexibility index (Phi) is 3.07. The SMILES string of the molecule is C[C@H]1OC(c2ccncc2[N+](=O)[O-])=CC(=O)[C@]1(C)O. The van der Waals surface area contributed by atoms with E-state index in [1.54, 1.807) is 0 Å². The summed E-state index contributed by atoms with van der Waals surface area (Å²) in [5, 5.41) is 20.8. The molecule has 1 aliphatic heterocycles. The van der Waals surface area contributed by atoms with Crippen molar-refractivity contribution < 1.29 is 19.6 Å². The largest absolute Gasteiger partial charge is 0.486 e. The third kappa shape index (κ3) is 2.19. The normalized spacial score (nSPS) is 26.6. The number of hydrogen-bond acceptors (Lipinski definition) is 6. The maximum atomic E-state index is 11.8. The number of carbonyl (C=O) groups is 1. The molecule has 0 amide bonds. The van der Waals surface area contributed by atoms with Crippen LogP contribution in [0.1, 0.15) is 19.4 Å². The Labute approximate surface area is 108 Å². The van der Waals surface area contributed by atoms with Crippen LogP contribution in [0.25, 0.3) is 5.76 Å². The van der Waals surface area contributed by atoms with Crippen molar-refractivity contribution in [3.63, 3.8) is 0 Å². The number of pyridine rings is 1. The minimum atomic E-state index is -1.63. The maximum absolute atomic E-state index is 11.8. The Morgan fingerprint density at radius 3 is 2.84 bits per heavy atom. The molecule has 1 aromatic rings. The monoisotopic (exact) mass is 264 g/mol. The second kappa shape index (κ2) is 4.43. The quantitative estimate of drug-likeness (QED) is 0.633. The molecule has 0 aromatic carbocycles. The van der Waals surface area contributed by atoms with Gasteiger partial charge in [0, 0.05) is 12.3 Å². The molecular formula is C12H12N2O5. The molecule has 1 N–H and O–H groups in total. The number of rotatable bonds is 2.